The van der Waals surface area contributed by atoms with E-state index in [2.05, 4.69) is 16.4 Å². The first kappa shape index (κ1) is 25.0. The number of likely N-dealkylation sites (N-methyl/N-ethyl adjacent to an activating group) is 1. The molecule has 0 aliphatic carbocycles. The average Bonchev–Trinajstić information content (AvgIpc) is 3.57. The highest BCUT2D eigenvalue weighted by molar-refractivity contribution is 6.07. The number of H-pyrrole nitrogens is 1. The molecule has 3 atom stereocenters. The molecule has 202 valence electrons. The number of nitrogens with one attached hydrogen (secondary N) is 2. The smallest absolute Gasteiger partial charge is 0.270 e. The van der Waals surface area contributed by atoms with Crippen LogP contribution in [0, 0.1) is 34.7 Å². The van der Waals surface area contributed by atoms with Gasteiger partial charge in [0.15, 0.2) is 11.6 Å². The Labute approximate surface area is 223 Å². The van der Waals surface area contributed by atoms with Gasteiger partial charge in [0.2, 0.25) is 11.8 Å². The van der Waals surface area contributed by atoms with Crippen molar-refractivity contribution in [3.8, 4) is 6.07 Å². The Balaban J connectivity index is 1.50. The molecule has 3 amide bonds. The maximum Gasteiger partial charge on any atom is 0.270 e. The number of amides is 3. The van der Waals surface area contributed by atoms with Crippen molar-refractivity contribution in [2.75, 3.05) is 18.9 Å². The van der Waals surface area contributed by atoms with Gasteiger partial charge in [-0.15, -0.1) is 0 Å². The van der Waals surface area contributed by atoms with Crippen molar-refractivity contribution in [3.05, 3.63) is 65.1 Å². The summed E-state index contributed by atoms with van der Waals surface area (Å²) < 4.78 is 50.8. The Morgan fingerprint density at radius 3 is 2.69 bits per heavy atom. The van der Waals surface area contributed by atoms with Crippen molar-refractivity contribution < 1.29 is 28.9 Å². The Hall–Kier alpha value is -4.33. The first-order valence-electron chi connectivity index (χ1n) is 12.9. The number of likely N-dealkylation sites (tertiary alicyclic amines) is 1. The molecule has 1 fully saturated rings. The third-order valence-corrected chi connectivity index (χ3v) is 7.57. The number of hydrogen-bond donors (Lipinski definition) is 2. The molecule has 0 unspecified atom stereocenters. The lowest BCUT2D eigenvalue weighted by molar-refractivity contribution is -0.136. The van der Waals surface area contributed by atoms with E-state index < -0.39 is 69.4 Å². The molecule has 0 bridgehead atoms. The number of halogens is 3. The van der Waals surface area contributed by atoms with E-state index in [1.165, 1.54) is 11.9 Å². The second kappa shape index (κ2) is 9.45. The predicted molar refractivity (Wildman–Crippen MR) is 136 cm³/mol. The molecule has 3 aromatic rings. The lowest BCUT2D eigenvalue weighted by Crippen LogP contribution is -2.52. The van der Waals surface area contributed by atoms with Gasteiger partial charge in [0.25, 0.3) is 5.91 Å². The summed E-state index contributed by atoms with van der Waals surface area (Å²) in [4.78, 5) is 45.4. The second-order valence-corrected chi connectivity index (χ2v) is 10.5. The van der Waals surface area contributed by atoms with Crippen LogP contribution in [0.5, 0.6) is 0 Å². The summed E-state index contributed by atoms with van der Waals surface area (Å²) in [5, 5.41) is 12.2. The molecule has 5 rings (SSSR count). The molecule has 2 N–H and O–H groups in total. The van der Waals surface area contributed by atoms with E-state index in [-0.39, 0.29) is 31.2 Å². The third kappa shape index (κ3) is 4.11. The standard InChI is InChI=1S/C28H26F3N5O3/c1-14(2)8-22(35(3)25(37)21-9-16-18(29)10-19(30)23(31)24(16)33-21)26(38)36-13-28(11-15(36)12-32)17-6-4-5-7-20(17)34-27(28)39/h4-7,9-10,14-15,22,33H,8,11,13H2,1-3H3,(H,34,39)/t15-,22-,28-/m0/s1/i9D. The summed E-state index contributed by atoms with van der Waals surface area (Å²) >= 11 is 0. The van der Waals surface area contributed by atoms with Crippen LogP contribution in [-0.2, 0) is 15.0 Å². The molecular formula is C28H26F3N5O3. The summed E-state index contributed by atoms with van der Waals surface area (Å²) in [5.41, 5.74) is -0.998. The number of anilines is 1. The summed E-state index contributed by atoms with van der Waals surface area (Å²) in [6.45, 7) is 3.59. The lowest BCUT2D eigenvalue weighted by atomic mass is 9.80. The number of nitrogens with zero attached hydrogens (tertiary/aromatic N) is 3. The van der Waals surface area contributed by atoms with Gasteiger partial charge in [0.1, 0.15) is 23.6 Å². The third-order valence-electron chi connectivity index (χ3n) is 7.57. The number of hydrogen-bond acceptors (Lipinski definition) is 4. The van der Waals surface area contributed by atoms with Crippen molar-refractivity contribution in [3.63, 3.8) is 0 Å². The fourth-order valence-electron chi connectivity index (χ4n) is 5.59. The maximum absolute atomic E-state index is 14.4. The summed E-state index contributed by atoms with van der Waals surface area (Å²) in [6, 6.07) is 6.74. The Morgan fingerprint density at radius 1 is 1.28 bits per heavy atom. The molecule has 0 radical (unpaired) electrons. The van der Waals surface area contributed by atoms with Gasteiger partial charge < -0.3 is 20.1 Å². The van der Waals surface area contributed by atoms with E-state index in [1.807, 2.05) is 13.8 Å². The number of nitriles is 1. The minimum Gasteiger partial charge on any atom is -0.348 e. The molecule has 2 aromatic carbocycles. The molecule has 39 heavy (non-hydrogen) atoms. The topological polar surface area (TPSA) is 109 Å². The van der Waals surface area contributed by atoms with Gasteiger partial charge in [-0.1, -0.05) is 32.0 Å². The van der Waals surface area contributed by atoms with Crippen LogP contribution in [0.2, 0.25) is 0 Å². The van der Waals surface area contributed by atoms with E-state index in [1.54, 1.807) is 24.3 Å². The molecule has 8 nitrogen and oxygen atoms in total. The van der Waals surface area contributed by atoms with Gasteiger partial charge in [0, 0.05) is 37.2 Å². The SMILES string of the molecule is [2H]c1c(C(=O)N(C)[C@@H](CC(C)C)C(=O)N2C[C@]3(C[C@H]2C#N)C(=O)Nc2ccccc23)[nH]c2c(F)c(F)cc(F)c12. The Morgan fingerprint density at radius 2 is 2.00 bits per heavy atom. The highest BCUT2D eigenvalue weighted by atomic mass is 19.2. The first-order chi connectivity index (χ1) is 18.9. The van der Waals surface area contributed by atoms with E-state index >= 15 is 0 Å². The van der Waals surface area contributed by atoms with Gasteiger partial charge in [-0.05, 0) is 30.0 Å². The molecule has 3 heterocycles. The average molecular weight is 539 g/mol. The number of aromatic amines is 1. The number of carbonyl (C=O) groups is 3. The molecule has 0 saturated carbocycles. The minimum absolute atomic E-state index is 0.0741. The fourth-order valence-corrected chi connectivity index (χ4v) is 5.59. The van der Waals surface area contributed by atoms with Crippen molar-refractivity contribution in [2.45, 2.75) is 44.2 Å². The molecular weight excluding hydrogens is 511 g/mol. The zero-order chi connectivity index (χ0) is 29.1. The van der Waals surface area contributed by atoms with Crippen molar-refractivity contribution in [1.82, 2.24) is 14.8 Å². The van der Waals surface area contributed by atoms with Crippen molar-refractivity contribution in [2.24, 2.45) is 5.92 Å². The van der Waals surface area contributed by atoms with Crippen LogP contribution in [0.1, 0.15) is 44.1 Å². The number of rotatable bonds is 5. The molecule has 1 aromatic heterocycles. The largest absolute Gasteiger partial charge is 0.348 e. The van der Waals surface area contributed by atoms with Crippen LogP contribution in [0.15, 0.2) is 36.4 Å². The van der Waals surface area contributed by atoms with Crippen LogP contribution >= 0.6 is 0 Å². The fraction of sp³-hybridized carbons (Fsp3) is 0.357. The van der Waals surface area contributed by atoms with Crippen molar-refractivity contribution >= 4 is 34.3 Å². The lowest BCUT2D eigenvalue weighted by Gasteiger charge is -2.33. The van der Waals surface area contributed by atoms with Gasteiger partial charge >= 0.3 is 0 Å². The van der Waals surface area contributed by atoms with Crippen LogP contribution in [0.25, 0.3) is 10.9 Å². The molecule has 2 aliphatic heterocycles. The predicted octanol–water partition coefficient (Wildman–Crippen LogP) is 4.09. The number of aromatic nitrogens is 1. The number of benzene rings is 2. The zero-order valence-electron chi connectivity index (χ0n) is 22.4. The second-order valence-electron chi connectivity index (χ2n) is 10.5. The van der Waals surface area contributed by atoms with E-state index in [4.69, 9.17) is 1.37 Å². The van der Waals surface area contributed by atoms with Gasteiger partial charge in [-0.3, -0.25) is 14.4 Å². The minimum atomic E-state index is -1.48. The van der Waals surface area contributed by atoms with Crippen LogP contribution in [0.4, 0.5) is 18.9 Å². The zero-order valence-corrected chi connectivity index (χ0v) is 21.4. The number of fused-ring (bicyclic) bond motifs is 3. The van der Waals surface area contributed by atoms with E-state index in [9.17, 15) is 32.8 Å². The molecule has 2 aliphatic rings. The molecule has 1 spiro atoms. The van der Waals surface area contributed by atoms with Gasteiger partial charge in [-0.2, -0.15) is 5.26 Å². The van der Waals surface area contributed by atoms with Gasteiger partial charge in [0.05, 0.1) is 18.4 Å². The highest BCUT2D eigenvalue weighted by Crippen LogP contribution is 2.46. The van der Waals surface area contributed by atoms with E-state index in [0.29, 0.717) is 17.3 Å². The highest BCUT2D eigenvalue weighted by Gasteiger charge is 2.56. The Bertz CT molecular complexity index is 1620. The van der Waals surface area contributed by atoms with Crippen LogP contribution in [0.3, 0.4) is 0 Å². The molecule has 11 heteroatoms. The number of carbonyl (C=O) groups excluding carboxylic acids is 3. The normalized spacial score (nSPS) is 21.2. The first-order valence-corrected chi connectivity index (χ1v) is 12.4. The maximum atomic E-state index is 14.4. The number of para-hydroxylation sites is 1. The quantitative estimate of drug-likeness (QED) is 0.477. The summed E-state index contributed by atoms with van der Waals surface area (Å²) in [7, 11) is 1.32. The van der Waals surface area contributed by atoms with Crippen molar-refractivity contribution in [1.29, 1.82) is 5.26 Å². The van der Waals surface area contributed by atoms with Crippen LogP contribution in [-0.4, -0.2) is 58.2 Å². The summed E-state index contributed by atoms with van der Waals surface area (Å²) in [5.74, 6) is -6.02. The Kier molecular flexibility index (Phi) is 6.05. The van der Waals surface area contributed by atoms with Gasteiger partial charge in [-0.25, -0.2) is 13.2 Å². The monoisotopic (exact) mass is 538 g/mol. The van der Waals surface area contributed by atoms with E-state index in [0.717, 1.165) is 4.90 Å². The van der Waals surface area contributed by atoms with Crippen LogP contribution < -0.4 is 5.32 Å². The molecule has 1 saturated heterocycles. The summed E-state index contributed by atoms with van der Waals surface area (Å²) in [6.07, 6.45) is 0.240.